The molecule has 0 fully saturated rings. The topological polar surface area (TPSA) is 38.7 Å². The first-order chi connectivity index (χ1) is 24.8. The Kier molecular flexibility index (Phi) is 6.64. The van der Waals surface area contributed by atoms with Gasteiger partial charge in [0.15, 0.2) is 5.82 Å². The van der Waals surface area contributed by atoms with Gasteiger partial charge in [-0.05, 0) is 74.5 Å². The maximum Gasteiger partial charge on any atom is 0.160 e. The van der Waals surface area contributed by atoms with E-state index in [1.165, 1.54) is 53.9 Å². The second-order valence-electron chi connectivity index (χ2n) is 12.8. The first-order valence-electron chi connectivity index (χ1n) is 16.8. The zero-order chi connectivity index (χ0) is 33.1. The predicted molar refractivity (Wildman–Crippen MR) is 205 cm³/mol. The molecule has 50 heavy (non-hydrogen) atoms. The lowest BCUT2D eigenvalue weighted by Gasteiger charge is -2.43. The minimum absolute atomic E-state index is 0.575. The van der Waals surface area contributed by atoms with Crippen molar-refractivity contribution in [1.29, 1.82) is 0 Å². The standard InChI is InChI=1S/C46H29N3S/c1-2-13-33(14-3-1)45-48-41(28-42(49-45)35-15-10-26-47-29-35)34-23-22-32-21-20-31-12-5-7-17-37(31)46(40(32)27-34)38-18-8-9-19-43(38)50-44-36-16-6-4-11-30(36)24-25-39(44)46/h1-29H. The van der Waals surface area contributed by atoms with Crippen LogP contribution in [0.3, 0.4) is 0 Å². The number of rotatable bonds is 3. The fraction of sp³-hybridized carbons (Fsp3) is 0.0217. The highest BCUT2D eigenvalue weighted by molar-refractivity contribution is 7.99. The van der Waals surface area contributed by atoms with Crippen LogP contribution in [-0.4, -0.2) is 15.0 Å². The van der Waals surface area contributed by atoms with E-state index in [1.807, 2.05) is 42.2 Å². The van der Waals surface area contributed by atoms with Crippen molar-refractivity contribution in [2.45, 2.75) is 15.2 Å². The van der Waals surface area contributed by atoms with Gasteiger partial charge < -0.3 is 0 Å². The minimum Gasteiger partial charge on any atom is -0.264 e. The summed E-state index contributed by atoms with van der Waals surface area (Å²) in [6, 6.07) is 54.5. The van der Waals surface area contributed by atoms with Gasteiger partial charge in [0.25, 0.3) is 0 Å². The van der Waals surface area contributed by atoms with Gasteiger partial charge in [0, 0.05) is 38.9 Å². The van der Waals surface area contributed by atoms with E-state index in [-0.39, 0.29) is 0 Å². The zero-order valence-electron chi connectivity index (χ0n) is 27.0. The van der Waals surface area contributed by atoms with Crippen LogP contribution >= 0.6 is 11.8 Å². The Morgan fingerprint density at radius 3 is 2.06 bits per heavy atom. The highest BCUT2D eigenvalue weighted by Gasteiger charge is 2.47. The second kappa shape index (κ2) is 11.5. The number of hydrogen-bond acceptors (Lipinski definition) is 4. The molecule has 0 saturated carbocycles. The third kappa shape index (κ3) is 4.42. The van der Waals surface area contributed by atoms with Crippen molar-refractivity contribution in [2.75, 3.05) is 0 Å². The molecule has 0 radical (unpaired) electrons. The molecule has 2 aliphatic rings. The first kappa shape index (κ1) is 28.9. The number of benzene rings is 6. The molecule has 0 saturated heterocycles. The van der Waals surface area contributed by atoms with Crippen molar-refractivity contribution in [1.82, 2.24) is 15.0 Å². The van der Waals surface area contributed by atoms with Crippen molar-refractivity contribution in [3.8, 4) is 33.9 Å². The molecule has 0 bridgehead atoms. The lowest BCUT2D eigenvalue weighted by atomic mass is 9.63. The van der Waals surface area contributed by atoms with E-state index in [2.05, 4.69) is 145 Å². The fourth-order valence-corrected chi connectivity index (χ4v) is 9.14. The third-order valence-corrected chi connectivity index (χ3v) is 11.3. The molecule has 4 heteroatoms. The molecule has 10 rings (SSSR count). The van der Waals surface area contributed by atoms with Gasteiger partial charge in [-0.3, -0.25) is 4.98 Å². The van der Waals surface area contributed by atoms with Crippen molar-refractivity contribution in [3.63, 3.8) is 0 Å². The van der Waals surface area contributed by atoms with Crippen molar-refractivity contribution in [2.24, 2.45) is 0 Å². The average molecular weight is 656 g/mol. The smallest absolute Gasteiger partial charge is 0.160 e. The summed E-state index contributed by atoms with van der Waals surface area (Å²) in [5, 5.41) is 2.53. The number of fused-ring (bicyclic) bond motifs is 10. The molecule has 0 N–H and O–H groups in total. The van der Waals surface area contributed by atoms with Crippen LogP contribution in [-0.2, 0) is 5.41 Å². The number of hydrogen-bond donors (Lipinski definition) is 0. The molecule has 2 aromatic heterocycles. The molecule has 1 atom stereocenters. The fourth-order valence-electron chi connectivity index (χ4n) is 7.82. The van der Waals surface area contributed by atoms with E-state index in [9.17, 15) is 0 Å². The largest absolute Gasteiger partial charge is 0.264 e. The van der Waals surface area contributed by atoms with Crippen LogP contribution in [0.1, 0.15) is 33.4 Å². The quantitative estimate of drug-likeness (QED) is 0.190. The zero-order valence-corrected chi connectivity index (χ0v) is 27.8. The van der Waals surface area contributed by atoms with Crippen molar-refractivity contribution < 1.29 is 0 Å². The number of aromatic nitrogens is 3. The van der Waals surface area contributed by atoms with Crippen LogP contribution in [0.4, 0.5) is 0 Å². The summed E-state index contributed by atoms with van der Waals surface area (Å²) in [6.45, 7) is 0. The molecular weight excluding hydrogens is 627 g/mol. The Morgan fingerprint density at radius 2 is 1.20 bits per heavy atom. The van der Waals surface area contributed by atoms with Gasteiger partial charge in [-0.15, -0.1) is 0 Å². The van der Waals surface area contributed by atoms with E-state index >= 15 is 0 Å². The van der Waals surface area contributed by atoms with Crippen LogP contribution in [0, 0.1) is 0 Å². The lowest BCUT2D eigenvalue weighted by molar-refractivity contribution is 0.704. The highest BCUT2D eigenvalue weighted by atomic mass is 32.2. The van der Waals surface area contributed by atoms with Crippen molar-refractivity contribution >= 4 is 34.7 Å². The van der Waals surface area contributed by atoms with Gasteiger partial charge in [0.05, 0.1) is 16.8 Å². The molecule has 0 amide bonds. The summed E-state index contributed by atoms with van der Waals surface area (Å²) in [5.74, 6) is 0.688. The molecule has 3 nitrogen and oxygen atoms in total. The van der Waals surface area contributed by atoms with E-state index < -0.39 is 5.41 Å². The predicted octanol–water partition coefficient (Wildman–Crippen LogP) is 11.4. The van der Waals surface area contributed by atoms with Gasteiger partial charge in [0.2, 0.25) is 0 Å². The summed E-state index contributed by atoms with van der Waals surface area (Å²) in [7, 11) is 0. The number of pyridine rings is 1. The van der Waals surface area contributed by atoms with Gasteiger partial charge in [-0.25, -0.2) is 9.97 Å². The highest BCUT2D eigenvalue weighted by Crippen LogP contribution is 2.59. The third-order valence-electron chi connectivity index (χ3n) is 10.1. The van der Waals surface area contributed by atoms with Gasteiger partial charge in [0.1, 0.15) is 0 Å². The molecular formula is C46H29N3S. The maximum atomic E-state index is 5.23. The summed E-state index contributed by atoms with van der Waals surface area (Å²) in [5.41, 5.74) is 11.6. The SMILES string of the molecule is C1=Cc2ccc(-c3cc(-c4cccnc4)nc(-c4ccccc4)n3)cc2C2(c3ccccc31)c1ccccc1Sc1c2ccc2ccccc12. The van der Waals surface area contributed by atoms with Crippen LogP contribution in [0.5, 0.6) is 0 Å². The van der Waals surface area contributed by atoms with E-state index in [4.69, 9.17) is 9.97 Å². The summed E-state index contributed by atoms with van der Waals surface area (Å²) < 4.78 is 0. The van der Waals surface area contributed by atoms with Crippen molar-refractivity contribution in [3.05, 3.63) is 197 Å². The summed E-state index contributed by atoms with van der Waals surface area (Å²) in [4.78, 5) is 17.3. The molecule has 3 heterocycles. The van der Waals surface area contributed by atoms with E-state index in [1.54, 1.807) is 6.20 Å². The first-order valence-corrected chi connectivity index (χ1v) is 17.7. The normalized spacial score (nSPS) is 15.5. The molecule has 234 valence electrons. The van der Waals surface area contributed by atoms with Crippen LogP contribution in [0.2, 0.25) is 0 Å². The van der Waals surface area contributed by atoms with Crippen LogP contribution in [0.15, 0.2) is 174 Å². The molecule has 1 aliphatic heterocycles. The Bertz CT molecular complexity index is 2570. The van der Waals surface area contributed by atoms with Gasteiger partial charge >= 0.3 is 0 Å². The molecule has 1 aliphatic carbocycles. The van der Waals surface area contributed by atoms with Crippen LogP contribution in [0.25, 0.3) is 56.8 Å². The molecule has 1 spiro atoms. The Balaban J connectivity index is 1.30. The Hall–Kier alpha value is -6.10. The van der Waals surface area contributed by atoms with E-state index in [0.717, 1.165) is 28.1 Å². The Morgan fingerprint density at radius 1 is 0.480 bits per heavy atom. The average Bonchev–Trinajstić information content (AvgIpc) is 3.33. The monoisotopic (exact) mass is 655 g/mol. The summed E-state index contributed by atoms with van der Waals surface area (Å²) >= 11 is 1.89. The van der Waals surface area contributed by atoms with Gasteiger partial charge in [-0.1, -0.05) is 145 Å². The Labute approximate surface area is 295 Å². The summed E-state index contributed by atoms with van der Waals surface area (Å²) in [6.07, 6.45) is 8.23. The molecule has 6 aromatic carbocycles. The van der Waals surface area contributed by atoms with E-state index in [0.29, 0.717) is 5.82 Å². The van der Waals surface area contributed by atoms with Crippen LogP contribution < -0.4 is 0 Å². The molecule has 8 aromatic rings. The maximum absolute atomic E-state index is 5.23. The minimum atomic E-state index is -0.575. The molecule has 1 unspecified atom stereocenters. The number of nitrogens with zero attached hydrogens (tertiary/aromatic N) is 3. The van der Waals surface area contributed by atoms with Gasteiger partial charge in [-0.2, -0.15) is 0 Å². The second-order valence-corrected chi connectivity index (χ2v) is 13.9. The lowest BCUT2D eigenvalue weighted by Crippen LogP contribution is -2.35.